The van der Waals surface area contributed by atoms with Crippen LogP contribution in [0.5, 0.6) is 5.75 Å². The minimum Gasteiger partial charge on any atom is -0.484 e. The van der Waals surface area contributed by atoms with Crippen LogP contribution >= 0.6 is 11.6 Å². The topological polar surface area (TPSA) is 64.6 Å². The normalized spacial score (nSPS) is 10.1. The van der Waals surface area contributed by atoms with Gasteiger partial charge in [-0.3, -0.25) is 4.79 Å². The lowest BCUT2D eigenvalue weighted by atomic mass is 10.2. The fourth-order valence-corrected chi connectivity index (χ4v) is 2.00. The zero-order valence-electron chi connectivity index (χ0n) is 12.8. The van der Waals surface area contributed by atoms with Gasteiger partial charge in [0.2, 0.25) is 0 Å². The molecule has 1 amide bonds. The largest absolute Gasteiger partial charge is 0.484 e. The Kier molecular flexibility index (Phi) is 6.14. The predicted molar refractivity (Wildman–Crippen MR) is 87.9 cm³/mol. The van der Waals surface area contributed by atoms with E-state index >= 15 is 0 Å². The van der Waals surface area contributed by atoms with Crippen LogP contribution in [0.3, 0.4) is 0 Å². The van der Waals surface area contributed by atoms with Gasteiger partial charge in [0.05, 0.1) is 17.9 Å². The summed E-state index contributed by atoms with van der Waals surface area (Å²) in [5, 5.41) is 2.68. The van der Waals surface area contributed by atoms with Crippen LogP contribution in [0.4, 0.5) is 10.1 Å². The van der Waals surface area contributed by atoms with E-state index in [4.69, 9.17) is 21.1 Å². The first-order valence-electron chi connectivity index (χ1n) is 7.14. The molecule has 0 aromatic heterocycles. The first kappa shape index (κ1) is 17.7. The highest BCUT2D eigenvalue weighted by Crippen LogP contribution is 2.19. The summed E-state index contributed by atoms with van der Waals surface area (Å²) in [7, 11) is 0. The smallest absolute Gasteiger partial charge is 0.338 e. The summed E-state index contributed by atoms with van der Waals surface area (Å²) in [6.45, 7) is 1.69. The maximum absolute atomic E-state index is 13.5. The molecular weight excluding hydrogens is 337 g/mol. The Hall–Kier alpha value is -2.60. The number of halogens is 2. The van der Waals surface area contributed by atoms with Crippen LogP contribution in [0.25, 0.3) is 0 Å². The number of carbonyl (C=O) groups excluding carboxylic acids is 2. The molecule has 0 heterocycles. The molecule has 2 rings (SSSR count). The van der Waals surface area contributed by atoms with Crippen LogP contribution < -0.4 is 10.1 Å². The van der Waals surface area contributed by atoms with E-state index in [0.717, 1.165) is 6.07 Å². The first-order valence-corrected chi connectivity index (χ1v) is 7.52. The minimum absolute atomic E-state index is 0.0197. The van der Waals surface area contributed by atoms with Crippen molar-refractivity contribution in [1.82, 2.24) is 0 Å². The van der Waals surface area contributed by atoms with Gasteiger partial charge in [-0.05, 0) is 49.4 Å². The number of esters is 1. The van der Waals surface area contributed by atoms with E-state index in [1.54, 1.807) is 19.1 Å². The van der Waals surface area contributed by atoms with Crippen molar-refractivity contribution in [2.75, 3.05) is 18.5 Å². The van der Waals surface area contributed by atoms with E-state index in [9.17, 15) is 14.0 Å². The van der Waals surface area contributed by atoms with Crippen molar-refractivity contribution < 1.29 is 23.5 Å². The molecule has 0 atom stereocenters. The average molecular weight is 352 g/mol. The Bertz CT molecular complexity index is 734. The summed E-state index contributed by atoms with van der Waals surface area (Å²) in [4.78, 5) is 23.3. The SMILES string of the molecule is CCOC(=O)c1ccc(OCC(=O)Nc2cc(Cl)ccc2F)cc1. The van der Waals surface area contributed by atoms with E-state index in [-0.39, 0.29) is 18.9 Å². The number of anilines is 1. The molecule has 0 unspecified atom stereocenters. The number of carbonyl (C=O) groups is 2. The van der Waals surface area contributed by atoms with Crippen LogP contribution in [0, 0.1) is 5.82 Å². The van der Waals surface area contributed by atoms with Crippen LogP contribution in [-0.2, 0) is 9.53 Å². The summed E-state index contributed by atoms with van der Waals surface area (Å²) in [5.74, 6) is -1.17. The summed E-state index contributed by atoms with van der Waals surface area (Å²) in [6.07, 6.45) is 0. The van der Waals surface area contributed by atoms with Crippen molar-refractivity contribution in [2.45, 2.75) is 6.92 Å². The molecule has 1 N–H and O–H groups in total. The summed E-state index contributed by atoms with van der Waals surface area (Å²) in [5.41, 5.74) is 0.364. The third-order valence-electron chi connectivity index (χ3n) is 2.94. The Morgan fingerprint density at radius 2 is 1.88 bits per heavy atom. The average Bonchev–Trinajstić information content (AvgIpc) is 2.57. The van der Waals surface area contributed by atoms with Gasteiger partial charge >= 0.3 is 5.97 Å². The Morgan fingerprint density at radius 1 is 1.17 bits per heavy atom. The fraction of sp³-hybridized carbons (Fsp3) is 0.176. The number of hydrogen-bond donors (Lipinski definition) is 1. The number of benzene rings is 2. The lowest BCUT2D eigenvalue weighted by Gasteiger charge is -2.09. The second-order valence-electron chi connectivity index (χ2n) is 4.71. The minimum atomic E-state index is -0.591. The molecule has 0 aliphatic carbocycles. The molecule has 0 spiro atoms. The predicted octanol–water partition coefficient (Wildman–Crippen LogP) is 3.67. The van der Waals surface area contributed by atoms with Crippen LogP contribution in [0.2, 0.25) is 5.02 Å². The second kappa shape index (κ2) is 8.31. The van der Waals surface area contributed by atoms with Gasteiger partial charge in [-0.1, -0.05) is 11.6 Å². The highest BCUT2D eigenvalue weighted by Gasteiger charge is 2.10. The van der Waals surface area contributed by atoms with Crippen LogP contribution in [0.1, 0.15) is 17.3 Å². The van der Waals surface area contributed by atoms with Gasteiger partial charge in [-0.25, -0.2) is 9.18 Å². The summed E-state index contributed by atoms with van der Waals surface area (Å²) in [6, 6.07) is 9.99. The molecule has 0 saturated carbocycles. The highest BCUT2D eigenvalue weighted by atomic mass is 35.5. The monoisotopic (exact) mass is 351 g/mol. The Balaban J connectivity index is 1.89. The van der Waals surface area contributed by atoms with Crippen molar-refractivity contribution in [1.29, 1.82) is 0 Å². The van der Waals surface area contributed by atoms with Crippen molar-refractivity contribution in [3.05, 3.63) is 58.9 Å². The highest BCUT2D eigenvalue weighted by molar-refractivity contribution is 6.30. The lowest BCUT2D eigenvalue weighted by molar-refractivity contribution is -0.118. The number of nitrogens with one attached hydrogen (secondary N) is 1. The molecule has 126 valence electrons. The van der Waals surface area contributed by atoms with Gasteiger partial charge in [0, 0.05) is 5.02 Å². The molecule has 24 heavy (non-hydrogen) atoms. The third kappa shape index (κ3) is 4.96. The number of hydrogen-bond acceptors (Lipinski definition) is 4. The Morgan fingerprint density at radius 3 is 2.54 bits per heavy atom. The van der Waals surface area contributed by atoms with E-state index < -0.39 is 17.7 Å². The maximum atomic E-state index is 13.5. The number of amides is 1. The second-order valence-corrected chi connectivity index (χ2v) is 5.14. The molecule has 5 nitrogen and oxygen atoms in total. The zero-order chi connectivity index (χ0) is 17.5. The van der Waals surface area contributed by atoms with Gasteiger partial charge < -0.3 is 14.8 Å². The molecule has 7 heteroatoms. The van der Waals surface area contributed by atoms with Gasteiger partial charge in [-0.15, -0.1) is 0 Å². The van der Waals surface area contributed by atoms with E-state index in [1.165, 1.54) is 24.3 Å². The molecular formula is C17H15ClFNO4. The molecule has 0 fully saturated rings. The quantitative estimate of drug-likeness (QED) is 0.806. The maximum Gasteiger partial charge on any atom is 0.338 e. The van der Waals surface area contributed by atoms with Crippen LogP contribution in [0.15, 0.2) is 42.5 Å². The zero-order valence-corrected chi connectivity index (χ0v) is 13.6. The van der Waals surface area contributed by atoms with Gasteiger partial charge in [0.15, 0.2) is 6.61 Å². The van der Waals surface area contributed by atoms with Gasteiger partial charge in [0.1, 0.15) is 11.6 Å². The van der Waals surface area contributed by atoms with Crippen molar-refractivity contribution in [3.8, 4) is 5.75 Å². The lowest BCUT2D eigenvalue weighted by Crippen LogP contribution is -2.20. The van der Waals surface area contributed by atoms with Gasteiger partial charge in [-0.2, -0.15) is 0 Å². The molecule has 0 radical (unpaired) electrons. The molecule has 0 aliphatic rings. The fourth-order valence-electron chi connectivity index (χ4n) is 1.83. The molecule has 2 aromatic carbocycles. The first-order chi connectivity index (χ1) is 11.5. The summed E-state index contributed by atoms with van der Waals surface area (Å²) < 4.78 is 23.7. The third-order valence-corrected chi connectivity index (χ3v) is 3.17. The molecule has 0 saturated heterocycles. The van der Waals surface area contributed by atoms with E-state index in [0.29, 0.717) is 16.3 Å². The van der Waals surface area contributed by atoms with Gasteiger partial charge in [0.25, 0.3) is 5.91 Å². The van der Waals surface area contributed by atoms with E-state index in [1.807, 2.05) is 0 Å². The van der Waals surface area contributed by atoms with Crippen molar-refractivity contribution in [2.24, 2.45) is 0 Å². The van der Waals surface area contributed by atoms with Crippen molar-refractivity contribution >= 4 is 29.2 Å². The summed E-state index contributed by atoms with van der Waals surface area (Å²) >= 11 is 5.75. The molecule has 0 aliphatic heterocycles. The Labute approximate surface area is 143 Å². The van der Waals surface area contributed by atoms with Crippen molar-refractivity contribution in [3.63, 3.8) is 0 Å². The molecule has 0 bridgehead atoms. The van der Waals surface area contributed by atoms with Crippen LogP contribution in [-0.4, -0.2) is 25.1 Å². The van der Waals surface area contributed by atoms with E-state index in [2.05, 4.69) is 5.32 Å². The number of ether oxygens (including phenoxy) is 2. The standard InChI is InChI=1S/C17H15ClFNO4/c1-2-23-17(22)11-3-6-13(7-4-11)24-10-16(21)20-15-9-12(18)5-8-14(15)19/h3-9H,2,10H2,1H3,(H,20,21). The number of rotatable bonds is 6. The molecule has 2 aromatic rings.